The lowest BCUT2D eigenvalue weighted by Gasteiger charge is -2.22. The van der Waals surface area contributed by atoms with Crippen molar-refractivity contribution in [2.75, 3.05) is 30.0 Å². The maximum absolute atomic E-state index is 13.3. The molecule has 8 heteroatoms. The molecule has 0 N–H and O–H groups in total. The predicted octanol–water partition coefficient (Wildman–Crippen LogP) is 4.81. The van der Waals surface area contributed by atoms with Crippen molar-refractivity contribution in [3.63, 3.8) is 0 Å². The van der Waals surface area contributed by atoms with E-state index in [4.69, 9.17) is 9.15 Å². The van der Waals surface area contributed by atoms with E-state index in [0.29, 0.717) is 31.0 Å². The zero-order valence-corrected chi connectivity index (χ0v) is 19.4. The first-order valence-electron chi connectivity index (χ1n) is 11.2. The van der Waals surface area contributed by atoms with Gasteiger partial charge in [0.1, 0.15) is 23.5 Å². The summed E-state index contributed by atoms with van der Waals surface area (Å²) in [6, 6.07) is 11.6. The maximum Gasteiger partial charge on any atom is 0.261 e. The Morgan fingerprint density at radius 3 is 2.74 bits per heavy atom. The summed E-state index contributed by atoms with van der Waals surface area (Å²) in [7, 11) is 1.77. The molecule has 0 saturated carbocycles. The molecule has 0 fully saturated rings. The first-order valence-corrected chi connectivity index (χ1v) is 11.2. The second-order valence-electron chi connectivity index (χ2n) is 8.12. The monoisotopic (exact) mass is 455 g/mol. The summed E-state index contributed by atoms with van der Waals surface area (Å²) in [5.74, 6) is 2.06. The van der Waals surface area contributed by atoms with Crippen molar-refractivity contribution < 1.29 is 13.9 Å². The number of aryl methyl sites for hydroxylation is 1. The summed E-state index contributed by atoms with van der Waals surface area (Å²) in [6.45, 7) is 5.14. The van der Waals surface area contributed by atoms with Crippen molar-refractivity contribution in [1.82, 2.24) is 15.0 Å². The molecule has 34 heavy (non-hydrogen) atoms. The van der Waals surface area contributed by atoms with Crippen LogP contribution in [0.15, 0.2) is 65.9 Å². The van der Waals surface area contributed by atoms with Crippen molar-refractivity contribution >= 4 is 23.2 Å². The molecule has 0 radical (unpaired) electrons. The lowest BCUT2D eigenvalue weighted by atomic mass is 10.1. The van der Waals surface area contributed by atoms with Crippen LogP contribution in [0.1, 0.15) is 28.4 Å². The van der Waals surface area contributed by atoms with Crippen molar-refractivity contribution in [3.05, 3.63) is 78.1 Å². The van der Waals surface area contributed by atoms with E-state index in [1.54, 1.807) is 24.4 Å². The third-order valence-corrected chi connectivity index (χ3v) is 5.96. The molecule has 1 amide bonds. The van der Waals surface area contributed by atoms with E-state index < -0.39 is 0 Å². The van der Waals surface area contributed by atoms with Crippen LogP contribution in [-0.4, -0.2) is 41.1 Å². The Hall–Kier alpha value is -4.20. The van der Waals surface area contributed by atoms with E-state index in [-0.39, 0.29) is 5.91 Å². The van der Waals surface area contributed by atoms with E-state index in [2.05, 4.69) is 15.0 Å². The van der Waals surface area contributed by atoms with Gasteiger partial charge in [0.2, 0.25) is 0 Å². The number of carbonyl (C=O) groups is 1. The Morgan fingerprint density at radius 1 is 1.09 bits per heavy atom. The molecular formula is C26H25N5O3. The summed E-state index contributed by atoms with van der Waals surface area (Å²) < 4.78 is 11.1. The number of aromatic nitrogens is 3. The van der Waals surface area contributed by atoms with Gasteiger partial charge in [-0.1, -0.05) is 0 Å². The van der Waals surface area contributed by atoms with Crippen LogP contribution in [-0.2, 0) is 6.42 Å². The maximum atomic E-state index is 13.3. The lowest BCUT2D eigenvalue weighted by molar-refractivity contribution is 0.0994. The Morgan fingerprint density at radius 2 is 1.97 bits per heavy atom. The number of hydrogen-bond donors (Lipinski definition) is 0. The van der Waals surface area contributed by atoms with Gasteiger partial charge in [-0.05, 0) is 61.4 Å². The van der Waals surface area contributed by atoms with Gasteiger partial charge in [-0.3, -0.25) is 4.79 Å². The minimum absolute atomic E-state index is 0.102. The molecule has 1 aromatic carbocycles. The minimum atomic E-state index is -0.102. The first-order chi connectivity index (χ1) is 16.6. The van der Waals surface area contributed by atoms with Gasteiger partial charge in [0.05, 0.1) is 17.9 Å². The van der Waals surface area contributed by atoms with Gasteiger partial charge in [-0.2, -0.15) is 0 Å². The molecule has 0 saturated heterocycles. The number of pyridine rings is 2. The summed E-state index contributed by atoms with van der Waals surface area (Å²) >= 11 is 0. The van der Waals surface area contributed by atoms with E-state index >= 15 is 0 Å². The summed E-state index contributed by atoms with van der Waals surface area (Å²) in [6.07, 6.45) is 7.21. The third kappa shape index (κ3) is 3.87. The zero-order chi connectivity index (χ0) is 23.7. The summed E-state index contributed by atoms with van der Waals surface area (Å²) in [5, 5.41) is 0. The largest absolute Gasteiger partial charge is 0.493 e. The number of anilines is 3. The molecule has 1 aliphatic heterocycles. The molecule has 1 aliphatic rings. The normalized spacial score (nSPS) is 12.9. The standard InChI is InChI=1S/C26H25N5O3/c1-4-31-24-20(26(32)30(3)22-6-5-10-27-25(22)31)13-18(14-28-24)9-11-34-23-8-7-19(12-17(23)2)21-15-33-16-29-21/h5-8,10,12-16H,4,9,11H2,1-3H3. The number of amides is 1. The van der Waals surface area contributed by atoms with Crippen LogP contribution in [0.4, 0.5) is 17.3 Å². The predicted molar refractivity (Wildman–Crippen MR) is 130 cm³/mol. The highest BCUT2D eigenvalue weighted by molar-refractivity contribution is 6.12. The average molecular weight is 456 g/mol. The van der Waals surface area contributed by atoms with E-state index in [9.17, 15) is 4.79 Å². The second-order valence-corrected chi connectivity index (χ2v) is 8.12. The molecule has 172 valence electrons. The number of hydrogen-bond acceptors (Lipinski definition) is 7. The average Bonchev–Trinajstić information content (AvgIpc) is 3.38. The van der Waals surface area contributed by atoms with Gasteiger partial charge < -0.3 is 19.0 Å². The van der Waals surface area contributed by atoms with Crippen LogP contribution in [0.5, 0.6) is 5.75 Å². The smallest absolute Gasteiger partial charge is 0.261 e. The van der Waals surface area contributed by atoms with E-state index in [0.717, 1.165) is 39.6 Å². The van der Waals surface area contributed by atoms with Crippen LogP contribution >= 0.6 is 0 Å². The van der Waals surface area contributed by atoms with Crippen molar-refractivity contribution in [1.29, 1.82) is 0 Å². The van der Waals surface area contributed by atoms with Gasteiger partial charge in [0, 0.05) is 38.0 Å². The van der Waals surface area contributed by atoms with Gasteiger partial charge in [0.15, 0.2) is 12.2 Å². The molecule has 4 aromatic rings. The molecular weight excluding hydrogens is 430 g/mol. The number of benzene rings is 1. The zero-order valence-electron chi connectivity index (χ0n) is 19.4. The fraction of sp³-hybridized carbons (Fsp3) is 0.231. The van der Waals surface area contributed by atoms with Gasteiger partial charge >= 0.3 is 0 Å². The Balaban J connectivity index is 1.34. The van der Waals surface area contributed by atoms with Crippen molar-refractivity contribution in [3.8, 4) is 17.0 Å². The lowest BCUT2D eigenvalue weighted by Crippen LogP contribution is -2.25. The molecule has 0 spiro atoms. The number of ether oxygens (including phenoxy) is 1. The van der Waals surface area contributed by atoms with Crippen LogP contribution in [0.25, 0.3) is 11.3 Å². The first kappa shape index (κ1) is 21.6. The van der Waals surface area contributed by atoms with Crippen LogP contribution in [0.3, 0.4) is 0 Å². The molecule has 0 unspecified atom stereocenters. The fourth-order valence-corrected chi connectivity index (χ4v) is 4.16. The Labute approximate surface area is 197 Å². The molecule has 0 atom stereocenters. The highest BCUT2D eigenvalue weighted by Gasteiger charge is 2.30. The second kappa shape index (κ2) is 8.97. The van der Waals surface area contributed by atoms with Gasteiger partial charge in [0.25, 0.3) is 5.91 Å². The van der Waals surface area contributed by atoms with Crippen LogP contribution in [0.2, 0.25) is 0 Å². The quantitative estimate of drug-likeness (QED) is 0.412. The minimum Gasteiger partial charge on any atom is -0.493 e. The molecule has 3 aromatic heterocycles. The summed E-state index contributed by atoms with van der Waals surface area (Å²) in [4.78, 5) is 30.3. The van der Waals surface area contributed by atoms with Crippen molar-refractivity contribution in [2.24, 2.45) is 0 Å². The molecule has 0 bridgehead atoms. The number of carbonyl (C=O) groups excluding carboxylic acids is 1. The number of nitrogens with zero attached hydrogens (tertiary/aromatic N) is 5. The number of fused-ring (bicyclic) bond motifs is 2. The number of rotatable bonds is 6. The molecule has 8 nitrogen and oxygen atoms in total. The SMILES string of the molecule is CCN1c2ncc(CCOc3ccc(-c4cocn4)cc3C)cc2C(=O)N(C)c2cccnc21. The number of oxazole rings is 1. The van der Waals surface area contributed by atoms with E-state index in [1.807, 2.05) is 61.3 Å². The van der Waals surface area contributed by atoms with Gasteiger partial charge in [-0.25, -0.2) is 15.0 Å². The summed E-state index contributed by atoms with van der Waals surface area (Å²) in [5.41, 5.74) is 5.05. The van der Waals surface area contributed by atoms with Crippen LogP contribution in [0, 0.1) is 6.92 Å². The van der Waals surface area contributed by atoms with Crippen LogP contribution < -0.4 is 14.5 Å². The van der Waals surface area contributed by atoms with Crippen molar-refractivity contribution in [2.45, 2.75) is 20.3 Å². The topological polar surface area (TPSA) is 84.6 Å². The molecule has 5 rings (SSSR count). The highest BCUT2D eigenvalue weighted by Crippen LogP contribution is 2.37. The molecule has 0 aliphatic carbocycles. The fourth-order valence-electron chi connectivity index (χ4n) is 4.16. The van der Waals surface area contributed by atoms with Gasteiger partial charge in [-0.15, -0.1) is 0 Å². The molecule has 4 heterocycles. The highest BCUT2D eigenvalue weighted by atomic mass is 16.5. The third-order valence-electron chi connectivity index (χ3n) is 5.96. The Kier molecular flexibility index (Phi) is 5.71. The Bertz CT molecular complexity index is 1340. The van der Waals surface area contributed by atoms with E-state index in [1.165, 1.54) is 6.39 Å².